The molecule has 0 unspecified atom stereocenters. The molecule has 1 aliphatic heterocycles. The van der Waals surface area contributed by atoms with Crippen LogP contribution in [-0.4, -0.2) is 61.5 Å². The Morgan fingerprint density at radius 2 is 1.43 bits per heavy atom. The van der Waals surface area contributed by atoms with Gasteiger partial charge in [-0.15, -0.1) is 0 Å². The minimum atomic E-state index is -1.64. The summed E-state index contributed by atoms with van der Waals surface area (Å²) in [5.41, 5.74) is 9.32. The summed E-state index contributed by atoms with van der Waals surface area (Å²) in [5.74, 6) is -3.24. The maximum Gasteiger partial charge on any atom is 0.339 e. The molecule has 1 N–H and O–H groups in total. The van der Waals surface area contributed by atoms with Crippen LogP contribution in [0.2, 0.25) is 0 Å². The Labute approximate surface area is 199 Å². The Balaban J connectivity index is 2.06. The van der Waals surface area contributed by atoms with Crippen molar-refractivity contribution in [2.45, 2.75) is 37.5 Å². The van der Waals surface area contributed by atoms with Crippen LogP contribution in [0.25, 0.3) is 10.4 Å². The lowest BCUT2D eigenvalue weighted by atomic mass is 9.94. The van der Waals surface area contributed by atoms with Gasteiger partial charge >= 0.3 is 17.9 Å². The Morgan fingerprint density at radius 1 is 0.914 bits per heavy atom. The number of hydrogen-bond donors (Lipinski definition) is 1. The van der Waals surface area contributed by atoms with Gasteiger partial charge in [0.15, 0.2) is 24.5 Å². The Hall–Kier alpha value is -4.41. The zero-order chi connectivity index (χ0) is 25.4. The van der Waals surface area contributed by atoms with Crippen LogP contribution < -0.4 is 5.32 Å². The number of azide groups is 1. The van der Waals surface area contributed by atoms with Crippen LogP contribution in [0, 0.1) is 0 Å². The number of carbonyl (C=O) groups excluding carboxylic acids is 4. The fraction of sp³-hybridized carbons (Fsp3) is 0.304. The molecule has 0 aromatic heterocycles. The first-order valence-corrected chi connectivity index (χ1v) is 10.4. The largest absolute Gasteiger partial charge is 0.467 e. The predicted molar refractivity (Wildman–Crippen MR) is 119 cm³/mol. The maximum absolute atomic E-state index is 12.9. The van der Waals surface area contributed by atoms with E-state index in [2.05, 4.69) is 15.3 Å². The van der Waals surface area contributed by atoms with Gasteiger partial charge in [-0.25, -0.2) is 14.4 Å². The number of amides is 1. The van der Waals surface area contributed by atoms with E-state index in [9.17, 15) is 19.2 Å². The van der Waals surface area contributed by atoms with E-state index in [1.165, 1.54) is 31.2 Å². The summed E-state index contributed by atoms with van der Waals surface area (Å²) < 4.78 is 21.6. The summed E-state index contributed by atoms with van der Waals surface area (Å²) in [7, 11) is 1.08. The van der Waals surface area contributed by atoms with E-state index in [0.717, 1.165) is 7.11 Å². The van der Waals surface area contributed by atoms with Gasteiger partial charge in [0.05, 0.1) is 18.2 Å². The predicted octanol–water partition coefficient (Wildman–Crippen LogP) is 2.15. The lowest BCUT2D eigenvalue weighted by Gasteiger charge is -2.43. The SMILES string of the molecule is COC(=O)[C@H]1O[C@H](N=[N+]=[N-])[C@H](NC(C)=O)[C@@H](OC(=O)c2ccccc2)[C@@H]1OC(=O)c1ccccc1. The molecule has 12 nitrogen and oxygen atoms in total. The highest BCUT2D eigenvalue weighted by Crippen LogP contribution is 2.29. The molecule has 1 aliphatic rings. The van der Waals surface area contributed by atoms with Gasteiger partial charge in [-0.2, -0.15) is 0 Å². The van der Waals surface area contributed by atoms with Crippen LogP contribution in [0.15, 0.2) is 65.8 Å². The molecule has 1 amide bonds. The van der Waals surface area contributed by atoms with E-state index in [0.29, 0.717) is 0 Å². The standard InChI is InChI=1S/C23H22N4O8/c1-13(28)25-16-17(34-21(29)14-9-5-3-6-10-14)18(35-22(30)15-11-7-4-8-12-15)19(23(31)32-2)33-20(16)26-27-24/h3-12,16-20H,1-2H3,(H,25,28)/t16-,17-,18+,19+,20+/m1/s1. The number of methoxy groups -OCH3 is 1. The molecule has 182 valence electrons. The van der Waals surface area contributed by atoms with Crippen molar-refractivity contribution in [3.8, 4) is 0 Å². The third kappa shape index (κ3) is 6.14. The molecule has 3 rings (SSSR count). The number of nitrogens with one attached hydrogen (secondary N) is 1. The molecule has 1 fully saturated rings. The van der Waals surface area contributed by atoms with E-state index in [1.807, 2.05) is 0 Å². The van der Waals surface area contributed by atoms with Crippen molar-refractivity contribution in [1.29, 1.82) is 0 Å². The van der Waals surface area contributed by atoms with Crippen LogP contribution in [0.4, 0.5) is 0 Å². The molecule has 0 aliphatic carbocycles. The number of rotatable bonds is 7. The minimum Gasteiger partial charge on any atom is -0.467 e. The van der Waals surface area contributed by atoms with Crippen molar-refractivity contribution in [3.63, 3.8) is 0 Å². The van der Waals surface area contributed by atoms with Crippen molar-refractivity contribution in [2.75, 3.05) is 7.11 Å². The highest BCUT2D eigenvalue weighted by Gasteiger charge is 2.53. The number of carbonyl (C=O) groups is 4. The normalized spacial score (nSPS) is 23.2. The smallest absolute Gasteiger partial charge is 0.339 e. The van der Waals surface area contributed by atoms with E-state index >= 15 is 0 Å². The van der Waals surface area contributed by atoms with Crippen LogP contribution in [0.5, 0.6) is 0 Å². The molecule has 0 spiro atoms. The summed E-state index contributed by atoms with van der Waals surface area (Å²) in [4.78, 5) is 53.0. The monoisotopic (exact) mass is 482 g/mol. The van der Waals surface area contributed by atoms with Gasteiger partial charge in [-0.3, -0.25) is 4.79 Å². The molecular weight excluding hydrogens is 460 g/mol. The van der Waals surface area contributed by atoms with E-state index < -0.39 is 54.4 Å². The van der Waals surface area contributed by atoms with Gasteiger partial charge in [-0.05, 0) is 29.8 Å². The lowest BCUT2D eigenvalue weighted by Crippen LogP contribution is -2.66. The molecule has 2 aromatic rings. The average Bonchev–Trinajstić information content (AvgIpc) is 2.87. The van der Waals surface area contributed by atoms with Crippen LogP contribution in [0.1, 0.15) is 27.6 Å². The number of hydrogen-bond acceptors (Lipinski definition) is 9. The fourth-order valence-corrected chi connectivity index (χ4v) is 3.50. The zero-order valence-electron chi connectivity index (χ0n) is 18.8. The van der Waals surface area contributed by atoms with Crippen LogP contribution >= 0.6 is 0 Å². The molecule has 1 saturated heterocycles. The number of benzene rings is 2. The molecular formula is C23H22N4O8. The summed E-state index contributed by atoms with van der Waals surface area (Å²) in [6.07, 6.45) is -6.19. The molecule has 2 aromatic carbocycles. The van der Waals surface area contributed by atoms with Crippen molar-refractivity contribution >= 4 is 23.8 Å². The minimum absolute atomic E-state index is 0.150. The lowest BCUT2D eigenvalue weighted by molar-refractivity contribution is -0.203. The van der Waals surface area contributed by atoms with Gasteiger partial charge in [0.25, 0.3) is 0 Å². The van der Waals surface area contributed by atoms with Crippen LogP contribution in [-0.2, 0) is 28.5 Å². The van der Waals surface area contributed by atoms with E-state index in [-0.39, 0.29) is 11.1 Å². The highest BCUT2D eigenvalue weighted by molar-refractivity contribution is 5.91. The first-order valence-electron chi connectivity index (χ1n) is 10.4. The summed E-state index contributed by atoms with van der Waals surface area (Å²) in [6.45, 7) is 1.18. The zero-order valence-corrected chi connectivity index (χ0v) is 18.8. The second-order valence-electron chi connectivity index (χ2n) is 7.37. The molecule has 1 heterocycles. The number of nitrogens with zero attached hydrogens (tertiary/aromatic N) is 3. The summed E-state index contributed by atoms with van der Waals surface area (Å²) in [5, 5.41) is 5.99. The summed E-state index contributed by atoms with van der Waals surface area (Å²) in [6, 6.07) is 14.5. The maximum atomic E-state index is 12.9. The van der Waals surface area contributed by atoms with Crippen molar-refractivity contribution < 1.29 is 38.1 Å². The summed E-state index contributed by atoms with van der Waals surface area (Å²) >= 11 is 0. The van der Waals surface area contributed by atoms with E-state index in [4.69, 9.17) is 24.5 Å². The third-order valence-electron chi connectivity index (χ3n) is 5.04. The van der Waals surface area contributed by atoms with Crippen molar-refractivity contribution in [2.24, 2.45) is 5.11 Å². The molecule has 0 radical (unpaired) electrons. The Morgan fingerprint density at radius 3 is 1.89 bits per heavy atom. The van der Waals surface area contributed by atoms with Gasteiger partial charge < -0.3 is 24.3 Å². The topological polar surface area (TPSA) is 166 Å². The molecule has 12 heteroatoms. The van der Waals surface area contributed by atoms with Crippen molar-refractivity contribution in [1.82, 2.24) is 5.32 Å². The number of esters is 3. The number of ether oxygens (including phenoxy) is 4. The molecule has 35 heavy (non-hydrogen) atoms. The van der Waals surface area contributed by atoms with Gasteiger partial charge in [0.1, 0.15) is 6.04 Å². The first-order chi connectivity index (χ1) is 16.8. The average molecular weight is 482 g/mol. The Kier molecular flexibility index (Phi) is 8.38. The molecule has 0 saturated carbocycles. The second-order valence-corrected chi connectivity index (χ2v) is 7.37. The third-order valence-corrected chi connectivity index (χ3v) is 5.04. The molecule has 5 atom stereocenters. The van der Waals surface area contributed by atoms with Gasteiger partial charge in [0.2, 0.25) is 5.91 Å². The van der Waals surface area contributed by atoms with Gasteiger partial charge in [0, 0.05) is 11.8 Å². The highest BCUT2D eigenvalue weighted by atomic mass is 16.6. The quantitative estimate of drug-likeness (QED) is 0.206. The fourth-order valence-electron chi connectivity index (χ4n) is 3.50. The van der Waals surface area contributed by atoms with Gasteiger partial charge in [-0.1, -0.05) is 41.5 Å². The first kappa shape index (κ1) is 25.2. The van der Waals surface area contributed by atoms with Crippen LogP contribution in [0.3, 0.4) is 0 Å². The van der Waals surface area contributed by atoms with E-state index in [1.54, 1.807) is 36.4 Å². The molecule has 0 bridgehead atoms. The second kappa shape index (κ2) is 11.6. The van der Waals surface area contributed by atoms with Crippen molar-refractivity contribution in [3.05, 3.63) is 82.2 Å². The Bertz CT molecular complexity index is 1120.